The predicted octanol–water partition coefficient (Wildman–Crippen LogP) is 7.82. The van der Waals surface area contributed by atoms with Gasteiger partial charge in [-0.15, -0.1) is 13.2 Å². The first kappa shape index (κ1) is 26.8. The van der Waals surface area contributed by atoms with Gasteiger partial charge in [0.1, 0.15) is 5.78 Å². The summed E-state index contributed by atoms with van der Waals surface area (Å²) in [7, 11) is 0. The molecule has 0 spiro atoms. The highest BCUT2D eigenvalue weighted by molar-refractivity contribution is 5.85. The Hall–Kier alpha value is -1.41. The molecule has 2 aliphatic rings. The molecule has 0 aromatic heterocycles. The molecule has 0 radical (unpaired) electrons. The second kappa shape index (κ2) is 14.0. The van der Waals surface area contributed by atoms with Crippen molar-refractivity contribution in [3.8, 4) is 0 Å². The summed E-state index contributed by atoms with van der Waals surface area (Å²) < 4.78 is 1.17. The van der Waals surface area contributed by atoms with Crippen LogP contribution in [0.3, 0.4) is 0 Å². The van der Waals surface area contributed by atoms with Crippen LogP contribution in [0.2, 0.25) is 0 Å². The van der Waals surface area contributed by atoms with E-state index in [2.05, 4.69) is 38.5 Å². The molecule has 0 amide bonds. The van der Waals surface area contributed by atoms with Crippen molar-refractivity contribution >= 4 is 5.78 Å². The maximum absolute atomic E-state index is 13.0. The van der Waals surface area contributed by atoms with E-state index in [0.717, 1.165) is 57.0 Å². The molecule has 0 aromatic carbocycles. The SMILES string of the molecule is C=CCC1(CC=C)CCCC(CCCCCC2CCC[N+](CC=C)(CC=C)C2)CCC1=O. The molecule has 1 aliphatic heterocycles. The third-order valence-corrected chi connectivity index (χ3v) is 8.36. The summed E-state index contributed by atoms with van der Waals surface area (Å²) in [5.74, 6) is 2.06. The van der Waals surface area contributed by atoms with Crippen LogP contribution in [0.1, 0.15) is 89.9 Å². The van der Waals surface area contributed by atoms with E-state index in [1.165, 1.54) is 75.4 Å². The normalized spacial score (nSPS) is 25.3. The summed E-state index contributed by atoms with van der Waals surface area (Å²) in [4.78, 5) is 13.0. The summed E-state index contributed by atoms with van der Waals surface area (Å²) >= 11 is 0. The fourth-order valence-electron chi connectivity index (χ4n) is 6.65. The fraction of sp³-hybridized carbons (Fsp3) is 0.700. The lowest BCUT2D eigenvalue weighted by molar-refractivity contribution is -0.925. The lowest BCUT2D eigenvalue weighted by Gasteiger charge is -2.43. The van der Waals surface area contributed by atoms with Crippen LogP contribution in [-0.4, -0.2) is 36.4 Å². The third-order valence-electron chi connectivity index (χ3n) is 8.36. The Balaban J connectivity index is 1.70. The molecule has 2 nitrogen and oxygen atoms in total. The van der Waals surface area contributed by atoms with Crippen molar-refractivity contribution in [1.29, 1.82) is 0 Å². The van der Waals surface area contributed by atoms with Crippen molar-refractivity contribution in [3.63, 3.8) is 0 Å². The van der Waals surface area contributed by atoms with E-state index in [1.54, 1.807) is 0 Å². The zero-order chi connectivity index (χ0) is 23.3. The smallest absolute Gasteiger partial charge is 0.139 e. The molecular formula is C30H50NO+. The first-order valence-electron chi connectivity index (χ1n) is 13.3. The van der Waals surface area contributed by atoms with Gasteiger partial charge in [-0.25, -0.2) is 0 Å². The number of ketones is 1. The lowest BCUT2D eigenvalue weighted by atomic mass is 9.69. The molecule has 0 bridgehead atoms. The van der Waals surface area contributed by atoms with Crippen LogP contribution < -0.4 is 0 Å². The van der Waals surface area contributed by atoms with Gasteiger partial charge in [0.05, 0.1) is 26.2 Å². The van der Waals surface area contributed by atoms with Gasteiger partial charge >= 0.3 is 0 Å². The number of allylic oxidation sites excluding steroid dienone is 2. The number of hydrogen-bond acceptors (Lipinski definition) is 1. The van der Waals surface area contributed by atoms with Crippen LogP contribution in [0, 0.1) is 17.3 Å². The lowest BCUT2D eigenvalue weighted by Crippen LogP contribution is -2.54. The third kappa shape index (κ3) is 7.87. The van der Waals surface area contributed by atoms with E-state index in [9.17, 15) is 4.79 Å². The molecular weight excluding hydrogens is 390 g/mol. The molecule has 1 saturated carbocycles. The molecule has 1 aliphatic carbocycles. The predicted molar refractivity (Wildman–Crippen MR) is 140 cm³/mol. The van der Waals surface area contributed by atoms with Gasteiger partial charge < -0.3 is 4.48 Å². The number of carbonyl (C=O) groups excluding carboxylic acids is 1. The molecule has 2 atom stereocenters. The van der Waals surface area contributed by atoms with Crippen LogP contribution in [0.25, 0.3) is 0 Å². The zero-order valence-corrected chi connectivity index (χ0v) is 20.9. The summed E-state index contributed by atoms with van der Waals surface area (Å²) in [6.07, 6.45) is 24.5. The van der Waals surface area contributed by atoms with Gasteiger partial charge in [0.15, 0.2) is 0 Å². The Morgan fingerprint density at radius 3 is 2.06 bits per heavy atom. The van der Waals surface area contributed by atoms with Crippen molar-refractivity contribution in [3.05, 3.63) is 50.6 Å². The van der Waals surface area contributed by atoms with Crippen LogP contribution in [0.4, 0.5) is 0 Å². The van der Waals surface area contributed by atoms with E-state index in [-0.39, 0.29) is 5.41 Å². The van der Waals surface area contributed by atoms with E-state index < -0.39 is 0 Å². The number of carbonyl (C=O) groups is 1. The largest absolute Gasteiger partial charge is 0.317 e. The number of Topliss-reactive ketones (excluding diaryl/α,β-unsaturated/α-hetero) is 1. The van der Waals surface area contributed by atoms with Crippen molar-refractivity contribution < 1.29 is 9.28 Å². The first-order chi connectivity index (χ1) is 15.5. The quantitative estimate of drug-likeness (QED) is 0.153. The summed E-state index contributed by atoms with van der Waals surface area (Å²) in [6, 6.07) is 0. The monoisotopic (exact) mass is 440 g/mol. The van der Waals surface area contributed by atoms with Crippen LogP contribution in [0.5, 0.6) is 0 Å². The number of likely N-dealkylation sites (tertiary alicyclic amines) is 1. The molecule has 2 unspecified atom stereocenters. The van der Waals surface area contributed by atoms with Gasteiger partial charge in [-0.2, -0.15) is 0 Å². The molecule has 1 saturated heterocycles. The molecule has 1 heterocycles. The van der Waals surface area contributed by atoms with E-state index in [0.29, 0.717) is 5.78 Å². The summed E-state index contributed by atoms with van der Waals surface area (Å²) in [5, 5.41) is 0. The fourth-order valence-corrected chi connectivity index (χ4v) is 6.65. The average Bonchev–Trinajstić information content (AvgIpc) is 2.76. The molecule has 2 fully saturated rings. The molecule has 32 heavy (non-hydrogen) atoms. The van der Waals surface area contributed by atoms with Crippen molar-refractivity contribution in [2.24, 2.45) is 17.3 Å². The van der Waals surface area contributed by atoms with Gasteiger partial charge in [-0.1, -0.05) is 63.8 Å². The summed E-state index contributed by atoms with van der Waals surface area (Å²) in [6.45, 7) is 20.6. The second-order valence-electron chi connectivity index (χ2n) is 10.8. The Kier molecular flexibility index (Phi) is 11.7. The van der Waals surface area contributed by atoms with Gasteiger partial charge in [0, 0.05) is 17.8 Å². The van der Waals surface area contributed by atoms with Gasteiger partial charge in [-0.05, 0) is 63.0 Å². The van der Waals surface area contributed by atoms with Crippen LogP contribution in [0.15, 0.2) is 50.6 Å². The molecule has 0 N–H and O–H groups in total. The Bertz CT molecular complexity index is 598. The van der Waals surface area contributed by atoms with E-state index in [4.69, 9.17) is 0 Å². The number of piperidine rings is 1. The van der Waals surface area contributed by atoms with Gasteiger partial charge in [0.25, 0.3) is 0 Å². The number of quaternary nitrogens is 1. The molecule has 0 aromatic rings. The van der Waals surface area contributed by atoms with Crippen molar-refractivity contribution in [2.45, 2.75) is 89.9 Å². The highest BCUT2D eigenvalue weighted by Gasteiger charge is 2.36. The highest BCUT2D eigenvalue weighted by atomic mass is 16.1. The van der Waals surface area contributed by atoms with Crippen molar-refractivity contribution in [1.82, 2.24) is 0 Å². The van der Waals surface area contributed by atoms with Gasteiger partial charge in [-0.3, -0.25) is 4.79 Å². The number of hydrogen-bond donors (Lipinski definition) is 0. The van der Waals surface area contributed by atoms with E-state index in [1.807, 2.05) is 12.2 Å². The Labute approximate surface area is 199 Å². The second-order valence-corrected chi connectivity index (χ2v) is 10.8. The minimum atomic E-state index is -0.209. The van der Waals surface area contributed by atoms with Gasteiger partial charge in [0.2, 0.25) is 0 Å². The standard InChI is InChI=1S/C30H50NO/c1-5-20-30(21-6-2)22-12-16-27(18-19-29(30)32)14-10-9-11-15-28-17-13-25-31(26-28,23-7-3)24-8-4/h5-8,27-28H,1-4,9-26H2/q+1. The molecule has 180 valence electrons. The van der Waals surface area contributed by atoms with Crippen LogP contribution >= 0.6 is 0 Å². The number of unbranched alkanes of at least 4 members (excludes halogenated alkanes) is 2. The summed E-state index contributed by atoms with van der Waals surface area (Å²) in [5.41, 5.74) is -0.209. The van der Waals surface area contributed by atoms with Crippen molar-refractivity contribution in [2.75, 3.05) is 26.2 Å². The minimum absolute atomic E-state index is 0.209. The topological polar surface area (TPSA) is 17.1 Å². The Morgan fingerprint density at radius 2 is 1.44 bits per heavy atom. The minimum Gasteiger partial charge on any atom is -0.317 e. The number of rotatable bonds is 14. The maximum Gasteiger partial charge on any atom is 0.139 e. The molecule has 2 rings (SSSR count). The highest BCUT2D eigenvalue weighted by Crippen LogP contribution is 2.40. The number of nitrogens with zero attached hydrogens (tertiary/aromatic N) is 1. The Morgan fingerprint density at radius 1 is 0.812 bits per heavy atom. The van der Waals surface area contributed by atoms with E-state index >= 15 is 0 Å². The first-order valence-corrected chi connectivity index (χ1v) is 13.3. The molecule has 2 heteroatoms. The maximum atomic E-state index is 13.0. The zero-order valence-electron chi connectivity index (χ0n) is 20.9. The van der Waals surface area contributed by atoms with Crippen LogP contribution in [-0.2, 0) is 4.79 Å². The average molecular weight is 441 g/mol.